The maximum Gasteiger partial charge on any atom is 0.165 e. The van der Waals surface area contributed by atoms with Gasteiger partial charge in [0.2, 0.25) is 0 Å². The molecule has 0 bridgehead atoms. The molecule has 0 radical (unpaired) electrons. The van der Waals surface area contributed by atoms with Crippen molar-refractivity contribution in [3.63, 3.8) is 0 Å². The summed E-state index contributed by atoms with van der Waals surface area (Å²) in [6.07, 6.45) is 2.64. The Bertz CT molecular complexity index is 385. The molecule has 18 heavy (non-hydrogen) atoms. The van der Waals surface area contributed by atoms with Crippen LogP contribution in [0.3, 0.4) is 0 Å². The zero-order valence-corrected chi connectivity index (χ0v) is 10.3. The molecule has 0 spiro atoms. The van der Waals surface area contributed by atoms with E-state index in [2.05, 4.69) is 5.32 Å². The number of ether oxygens (including phenoxy) is 1. The van der Waals surface area contributed by atoms with Gasteiger partial charge in [-0.1, -0.05) is 0 Å². The summed E-state index contributed by atoms with van der Waals surface area (Å²) < 4.78 is 18.4. The Balaban J connectivity index is 1.72. The van der Waals surface area contributed by atoms with E-state index in [1.54, 1.807) is 0 Å². The quantitative estimate of drug-likeness (QED) is 0.815. The van der Waals surface area contributed by atoms with Crippen molar-refractivity contribution in [1.82, 2.24) is 5.32 Å². The fraction of sp³-hybridized carbons (Fsp3) is 0.500. The number of carbonyl (C=O) groups is 1. The van der Waals surface area contributed by atoms with Gasteiger partial charge in [-0.2, -0.15) is 0 Å². The van der Waals surface area contributed by atoms with Crippen LogP contribution in [0.25, 0.3) is 0 Å². The van der Waals surface area contributed by atoms with Gasteiger partial charge in [-0.05, 0) is 50.2 Å². The number of benzene rings is 1. The summed E-state index contributed by atoms with van der Waals surface area (Å²) in [5.74, 6) is -0.318. The molecule has 1 saturated heterocycles. The van der Waals surface area contributed by atoms with Crippen molar-refractivity contribution >= 4 is 5.78 Å². The van der Waals surface area contributed by atoms with E-state index < -0.39 is 0 Å². The average Bonchev–Trinajstić information content (AvgIpc) is 2.40. The number of hydrogen-bond acceptors (Lipinski definition) is 3. The first-order valence-electron chi connectivity index (χ1n) is 6.37. The molecule has 1 N–H and O–H groups in total. The minimum absolute atomic E-state index is 0.00364. The maximum atomic E-state index is 12.7. The van der Waals surface area contributed by atoms with Crippen LogP contribution in [-0.4, -0.2) is 31.6 Å². The molecule has 1 aromatic carbocycles. The molecule has 4 heteroatoms. The Kier molecular flexibility index (Phi) is 4.84. The summed E-state index contributed by atoms with van der Waals surface area (Å²) in [6, 6.07) is 5.65. The molecular formula is C14H18FNO2. The molecule has 1 aliphatic heterocycles. The Labute approximate surface area is 106 Å². The van der Waals surface area contributed by atoms with E-state index in [9.17, 15) is 9.18 Å². The summed E-state index contributed by atoms with van der Waals surface area (Å²) in [5.41, 5.74) is 0.547. The molecule has 1 heterocycles. The van der Waals surface area contributed by atoms with Crippen molar-refractivity contribution < 1.29 is 13.9 Å². The Hall–Kier alpha value is -1.26. The lowest BCUT2D eigenvalue weighted by Crippen LogP contribution is -2.32. The minimum Gasteiger partial charge on any atom is -0.378 e. The van der Waals surface area contributed by atoms with Gasteiger partial charge in [0.15, 0.2) is 5.78 Å². The number of nitrogens with one attached hydrogen (secondary N) is 1. The molecule has 0 aromatic heterocycles. The number of piperidine rings is 1. The first-order chi connectivity index (χ1) is 8.75. The van der Waals surface area contributed by atoms with E-state index in [0.29, 0.717) is 18.6 Å². The van der Waals surface area contributed by atoms with E-state index in [4.69, 9.17) is 4.74 Å². The van der Waals surface area contributed by atoms with E-state index in [0.717, 1.165) is 25.9 Å². The standard InChI is InChI=1S/C14H18FNO2/c15-12-3-1-11(2-4-12)14(17)7-10-18-13-5-8-16-9-6-13/h1-4,13,16H,5-10H2. The molecule has 0 amide bonds. The molecule has 2 rings (SSSR count). The lowest BCUT2D eigenvalue weighted by Gasteiger charge is -2.22. The van der Waals surface area contributed by atoms with Gasteiger partial charge in [-0.3, -0.25) is 4.79 Å². The van der Waals surface area contributed by atoms with Gasteiger partial charge in [0.1, 0.15) is 5.82 Å². The Morgan fingerprint density at radius 3 is 2.61 bits per heavy atom. The van der Waals surface area contributed by atoms with Crippen molar-refractivity contribution in [2.75, 3.05) is 19.7 Å². The van der Waals surface area contributed by atoms with Gasteiger partial charge in [0.25, 0.3) is 0 Å². The number of carbonyl (C=O) groups excluding carboxylic acids is 1. The fourth-order valence-corrected chi connectivity index (χ4v) is 2.06. The van der Waals surface area contributed by atoms with Gasteiger partial charge in [0, 0.05) is 12.0 Å². The molecule has 1 aromatic rings. The highest BCUT2D eigenvalue weighted by atomic mass is 19.1. The molecule has 0 aliphatic carbocycles. The van der Waals surface area contributed by atoms with Crippen LogP contribution < -0.4 is 5.32 Å². The molecule has 98 valence electrons. The zero-order valence-electron chi connectivity index (χ0n) is 10.3. The van der Waals surface area contributed by atoms with E-state index >= 15 is 0 Å². The van der Waals surface area contributed by atoms with Crippen LogP contribution in [0.5, 0.6) is 0 Å². The monoisotopic (exact) mass is 251 g/mol. The summed E-state index contributed by atoms with van der Waals surface area (Å²) in [6.45, 7) is 2.41. The van der Waals surface area contributed by atoms with Crippen LogP contribution in [0.1, 0.15) is 29.6 Å². The average molecular weight is 251 g/mol. The SMILES string of the molecule is O=C(CCOC1CCNCC1)c1ccc(F)cc1. The third-order valence-electron chi connectivity index (χ3n) is 3.14. The van der Waals surface area contributed by atoms with E-state index in [-0.39, 0.29) is 17.7 Å². The fourth-order valence-electron chi connectivity index (χ4n) is 2.06. The second kappa shape index (κ2) is 6.61. The van der Waals surface area contributed by atoms with Gasteiger partial charge in [-0.25, -0.2) is 4.39 Å². The highest BCUT2D eigenvalue weighted by Gasteiger charge is 2.14. The summed E-state index contributed by atoms with van der Waals surface area (Å²) in [4.78, 5) is 11.8. The Morgan fingerprint density at radius 1 is 1.28 bits per heavy atom. The second-order valence-electron chi connectivity index (χ2n) is 4.50. The van der Waals surface area contributed by atoms with Crippen LogP contribution in [-0.2, 0) is 4.74 Å². The minimum atomic E-state index is -0.322. The molecule has 1 aliphatic rings. The van der Waals surface area contributed by atoms with Crippen molar-refractivity contribution in [2.45, 2.75) is 25.4 Å². The highest BCUT2D eigenvalue weighted by molar-refractivity contribution is 5.96. The first kappa shape index (κ1) is 13.2. The molecular weight excluding hydrogens is 233 g/mol. The van der Waals surface area contributed by atoms with Crippen molar-refractivity contribution in [3.05, 3.63) is 35.6 Å². The molecule has 0 saturated carbocycles. The number of Topliss-reactive ketones (excluding diaryl/α,β-unsaturated/α-hetero) is 1. The van der Waals surface area contributed by atoms with Crippen LogP contribution in [0.2, 0.25) is 0 Å². The van der Waals surface area contributed by atoms with Gasteiger partial charge in [0.05, 0.1) is 12.7 Å². The summed E-state index contributed by atoms with van der Waals surface area (Å²) in [5, 5.41) is 3.26. The summed E-state index contributed by atoms with van der Waals surface area (Å²) in [7, 11) is 0. The van der Waals surface area contributed by atoms with Crippen LogP contribution in [0.4, 0.5) is 4.39 Å². The third-order valence-corrected chi connectivity index (χ3v) is 3.14. The normalized spacial score (nSPS) is 16.7. The zero-order chi connectivity index (χ0) is 12.8. The van der Waals surface area contributed by atoms with E-state index in [1.807, 2.05) is 0 Å². The molecule has 1 fully saturated rings. The largest absolute Gasteiger partial charge is 0.378 e. The number of ketones is 1. The molecule has 0 unspecified atom stereocenters. The second-order valence-corrected chi connectivity index (χ2v) is 4.50. The first-order valence-corrected chi connectivity index (χ1v) is 6.37. The predicted octanol–water partition coefficient (Wildman–Crippen LogP) is 2.17. The number of hydrogen-bond donors (Lipinski definition) is 1. The molecule has 0 atom stereocenters. The van der Waals surface area contributed by atoms with Crippen molar-refractivity contribution in [2.24, 2.45) is 0 Å². The van der Waals surface area contributed by atoms with Gasteiger partial charge in [-0.15, -0.1) is 0 Å². The smallest absolute Gasteiger partial charge is 0.165 e. The lowest BCUT2D eigenvalue weighted by atomic mass is 10.1. The van der Waals surface area contributed by atoms with Crippen LogP contribution in [0, 0.1) is 5.82 Å². The summed E-state index contributed by atoms with van der Waals surface area (Å²) >= 11 is 0. The predicted molar refractivity (Wildman–Crippen MR) is 67.2 cm³/mol. The maximum absolute atomic E-state index is 12.7. The lowest BCUT2D eigenvalue weighted by molar-refractivity contribution is 0.0313. The highest BCUT2D eigenvalue weighted by Crippen LogP contribution is 2.10. The van der Waals surface area contributed by atoms with Crippen molar-refractivity contribution in [3.8, 4) is 0 Å². The van der Waals surface area contributed by atoms with Crippen LogP contribution >= 0.6 is 0 Å². The van der Waals surface area contributed by atoms with E-state index in [1.165, 1.54) is 24.3 Å². The van der Waals surface area contributed by atoms with Crippen molar-refractivity contribution in [1.29, 1.82) is 0 Å². The topological polar surface area (TPSA) is 38.3 Å². The van der Waals surface area contributed by atoms with Gasteiger partial charge >= 0.3 is 0 Å². The number of rotatable bonds is 5. The van der Waals surface area contributed by atoms with Gasteiger partial charge < -0.3 is 10.1 Å². The third kappa shape index (κ3) is 3.89. The number of halogens is 1. The van der Waals surface area contributed by atoms with Crippen LogP contribution in [0.15, 0.2) is 24.3 Å². The Morgan fingerprint density at radius 2 is 1.94 bits per heavy atom. The molecule has 3 nitrogen and oxygen atoms in total.